The van der Waals surface area contributed by atoms with Gasteiger partial charge in [0.1, 0.15) is 0 Å². The lowest BCUT2D eigenvalue weighted by Gasteiger charge is -2.18. The smallest absolute Gasteiger partial charge is 0.222 e. The molecule has 1 heterocycles. The number of nitrogens with one attached hydrogen (secondary N) is 1. The highest BCUT2D eigenvalue weighted by molar-refractivity contribution is 6.18. The average Bonchev–Trinajstić information content (AvgIpc) is 2.20. The first kappa shape index (κ1) is 11.2. The molecule has 2 unspecified atom stereocenters. The van der Waals surface area contributed by atoms with Gasteiger partial charge in [-0.2, -0.15) is 0 Å². The Labute approximate surface area is 87.7 Å². The van der Waals surface area contributed by atoms with E-state index in [1.165, 1.54) is 0 Å². The molecule has 2 atom stereocenters. The first-order chi connectivity index (χ1) is 6.63. The molecule has 14 heavy (non-hydrogen) atoms. The van der Waals surface area contributed by atoms with Crippen LogP contribution in [0.5, 0.6) is 0 Å². The Morgan fingerprint density at radius 1 is 1.43 bits per heavy atom. The van der Waals surface area contributed by atoms with E-state index in [0.29, 0.717) is 17.7 Å². The van der Waals surface area contributed by atoms with Crippen LogP contribution in [0.4, 0.5) is 10.3 Å². The molecule has 0 saturated heterocycles. The quantitative estimate of drug-likeness (QED) is 0.787. The molecule has 0 aliphatic carbocycles. The fourth-order valence-corrected chi connectivity index (χ4v) is 1.13. The van der Waals surface area contributed by atoms with Crippen molar-refractivity contribution in [1.29, 1.82) is 0 Å². The van der Waals surface area contributed by atoms with Crippen LogP contribution >= 0.6 is 11.6 Å². The Morgan fingerprint density at radius 2 is 2.00 bits per heavy atom. The first-order valence-corrected chi connectivity index (χ1v) is 4.97. The Kier molecular flexibility index (Phi) is 4.07. The van der Waals surface area contributed by atoms with Crippen LogP contribution in [0.15, 0.2) is 12.4 Å². The highest BCUT2D eigenvalue weighted by Crippen LogP contribution is 2.09. The van der Waals surface area contributed by atoms with Crippen molar-refractivity contribution >= 4 is 17.5 Å². The van der Waals surface area contributed by atoms with E-state index < -0.39 is 5.82 Å². The van der Waals surface area contributed by atoms with E-state index in [-0.39, 0.29) is 6.04 Å². The molecule has 5 heteroatoms. The lowest BCUT2D eigenvalue weighted by Crippen LogP contribution is -2.25. The topological polar surface area (TPSA) is 37.8 Å². The van der Waals surface area contributed by atoms with Gasteiger partial charge in [-0.25, -0.2) is 14.4 Å². The van der Waals surface area contributed by atoms with E-state index in [2.05, 4.69) is 15.3 Å². The van der Waals surface area contributed by atoms with Gasteiger partial charge in [0.25, 0.3) is 0 Å². The summed E-state index contributed by atoms with van der Waals surface area (Å²) >= 11 is 5.70. The zero-order valence-electron chi connectivity index (χ0n) is 8.17. The van der Waals surface area contributed by atoms with Gasteiger partial charge in [-0.15, -0.1) is 11.6 Å². The van der Waals surface area contributed by atoms with Gasteiger partial charge in [0.2, 0.25) is 5.95 Å². The zero-order valence-corrected chi connectivity index (χ0v) is 8.92. The summed E-state index contributed by atoms with van der Waals surface area (Å²) in [6.07, 6.45) is 2.26. The third-order valence-corrected chi connectivity index (χ3v) is 2.56. The molecule has 0 saturated carbocycles. The van der Waals surface area contributed by atoms with Gasteiger partial charge in [0.15, 0.2) is 5.82 Å². The molecule has 0 amide bonds. The largest absolute Gasteiger partial charge is 0.351 e. The van der Waals surface area contributed by atoms with Crippen LogP contribution in [0.2, 0.25) is 0 Å². The third-order valence-electron chi connectivity index (χ3n) is 2.07. The molecule has 0 aliphatic rings. The second-order valence-electron chi connectivity index (χ2n) is 3.29. The monoisotopic (exact) mass is 217 g/mol. The fraction of sp³-hybridized carbons (Fsp3) is 0.556. The van der Waals surface area contributed by atoms with Crippen molar-refractivity contribution in [2.45, 2.75) is 19.9 Å². The minimum absolute atomic E-state index is 0.165. The summed E-state index contributed by atoms with van der Waals surface area (Å²) in [6.45, 7) is 4.01. The molecule has 0 fully saturated rings. The normalized spacial score (nSPS) is 14.9. The molecule has 0 aromatic carbocycles. The maximum absolute atomic E-state index is 12.5. The SMILES string of the molecule is CC(CCl)C(C)Nc1ncc(F)cn1. The number of rotatable bonds is 4. The molecule has 1 aromatic rings. The van der Waals surface area contributed by atoms with Crippen molar-refractivity contribution in [3.05, 3.63) is 18.2 Å². The minimum Gasteiger partial charge on any atom is -0.351 e. The van der Waals surface area contributed by atoms with Crippen molar-refractivity contribution in [2.24, 2.45) is 5.92 Å². The van der Waals surface area contributed by atoms with Gasteiger partial charge in [0.05, 0.1) is 12.4 Å². The Balaban J connectivity index is 2.56. The molecule has 0 bridgehead atoms. The van der Waals surface area contributed by atoms with Gasteiger partial charge < -0.3 is 5.32 Å². The van der Waals surface area contributed by atoms with Crippen LogP contribution in [0.1, 0.15) is 13.8 Å². The summed E-state index contributed by atoms with van der Waals surface area (Å²) in [6, 6.07) is 0.165. The molecule has 0 radical (unpaired) electrons. The fourth-order valence-electron chi connectivity index (χ4n) is 0.866. The Hall–Kier alpha value is -0.900. The summed E-state index contributed by atoms with van der Waals surface area (Å²) in [5.41, 5.74) is 0. The van der Waals surface area contributed by atoms with Gasteiger partial charge in [-0.1, -0.05) is 6.92 Å². The summed E-state index contributed by atoms with van der Waals surface area (Å²) in [4.78, 5) is 7.59. The van der Waals surface area contributed by atoms with Crippen molar-refractivity contribution in [1.82, 2.24) is 9.97 Å². The molecule has 0 spiro atoms. The van der Waals surface area contributed by atoms with Crippen LogP contribution < -0.4 is 5.32 Å². The number of halogens is 2. The first-order valence-electron chi connectivity index (χ1n) is 4.43. The van der Waals surface area contributed by atoms with Gasteiger partial charge in [-0.3, -0.25) is 0 Å². The van der Waals surface area contributed by atoms with E-state index >= 15 is 0 Å². The minimum atomic E-state index is -0.436. The Morgan fingerprint density at radius 3 is 2.50 bits per heavy atom. The molecular weight excluding hydrogens is 205 g/mol. The number of alkyl halides is 1. The summed E-state index contributed by atoms with van der Waals surface area (Å²) in [7, 11) is 0. The van der Waals surface area contributed by atoms with Crippen molar-refractivity contribution in [3.63, 3.8) is 0 Å². The molecule has 3 nitrogen and oxygen atoms in total. The summed E-state index contributed by atoms with van der Waals surface area (Å²) in [5.74, 6) is 0.866. The van der Waals surface area contributed by atoms with E-state index in [0.717, 1.165) is 12.4 Å². The van der Waals surface area contributed by atoms with Crippen LogP contribution in [0, 0.1) is 11.7 Å². The second-order valence-corrected chi connectivity index (χ2v) is 3.60. The number of hydrogen-bond donors (Lipinski definition) is 1. The maximum atomic E-state index is 12.5. The predicted octanol–water partition coefficient (Wildman–Crippen LogP) is 2.29. The summed E-state index contributed by atoms with van der Waals surface area (Å²) < 4.78 is 12.5. The molecule has 1 aromatic heterocycles. The molecule has 0 aliphatic heterocycles. The Bertz CT molecular complexity index is 278. The van der Waals surface area contributed by atoms with Crippen molar-refractivity contribution in [3.8, 4) is 0 Å². The van der Waals surface area contributed by atoms with E-state index in [1.807, 2.05) is 13.8 Å². The molecule has 78 valence electrons. The van der Waals surface area contributed by atoms with E-state index in [1.54, 1.807) is 0 Å². The molecule has 1 rings (SSSR count). The van der Waals surface area contributed by atoms with Crippen LogP contribution in [0.3, 0.4) is 0 Å². The van der Waals surface area contributed by atoms with Crippen LogP contribution in [0.25, 0.3) is 0 Å². The number of anilines is 1. The zero-order chi connectivity index (χ0) is 10.6. The number of aromatic nitrogens is 2. The number of hydrogen-bond acceptors (Lipinski definition) is 3. The van der Waals surface area contributed by atoms with Crippen molar-refractivity contribution < 1.29 is 4.39 Å². The maximum Gasteiger partial charge on any atom is 0.222 e. The van der Waals surface area contributed by atoms with Gasteiger partial charge in [-0.05, 0) is 12.8 Å². The second kappa shape index (κ2) is 5.10. The average molecular weight is 218 g/mol. The highest BCUT2D eigenvalue weighted by atomic mass is 35.5. The highest BCUT2D eigenvalue weighted by Gasteiger charge is 2.11. The van der Waals surface area contributed by atoms with Crippen molar-refractivity contribution in [2.75, 3.05) is 11.2 Å². The van der Waals surface area contributed by atoms with Gasteiger partial charge in [0, 0.05) is 11.9 Å². The predicted molar refractivity (Wildman–Crippen MR) is 55.0 cm³/mol. The van der Waals surface area contributed by atoms with Crippen LogP contribution in [-0.2, 0) is 0 Å². The van der Waals surface area contributed by atoms with E-state index in [9.17, 15) is 4.39 Å². The summed E-state index contributed by atoms with van der Waals surface area (Å²) in [5, 5.41) is 3.05. The molecular formula is C9H13ClFN3. The van der Waals surface area contributed by atoms with Gasteiger partial charge >= 0.3 is 0 Å². The lowest BCUT2D eigenvalue weighted by molar-refractivity contribution is 0.560. The van der Waals surface area contributed by atoms with Crippen LogP contribution in [-0.4, -0.2) is 21.9 Å². The lowest BCUT2D eigenvalue weighted by atomic mass is 10.1. The number of nitrogens with zero attached hydrogens (tertiary/aromatic N) is 2. The van der Waals surface area contributed by atoms with E-state index in [4.69, 9.17) is 11.6 Å². The third kappa shape index (κ3) is 3.10. The molecule has 1 N–H and O–H groups in total. The standard InChI is InChI=1S/C9H13ClFN3/c1-6(3-10)7(2)14-9-12-4-8(11)5-13-9/h4-7H,3H2,1-2H3,(H,12,13,14).